The van der Waals surface area contributed by atoms with Gasteiger partial charge < -0.3 is 4.74 Å². The molecule has 1 rings (SSSR count). The Hall–Kier alpha value is -0.370. The van der Waals surface area contributed by atoms with Gasteiger partial charge in [-0.1, -0.05) is 52.9 Å². The molecule has 112 valence electrons. The van der Waals surface area contributed by atoms with Gasteiger partial charge in [-0.05, 0) is 31.6 Å². The Balaban J connectivity index is 2.51. The second kappa shape index (κ2) is 8.73. The lowest BCUT2D eigenvalue weighted by atomic mass is 9.73. The first-order valence-corrected chi connectivity index (χ1v) is 8.30. The lowest BCUT2D eigenvalue weighted by Crippen LogP contribution is -2.43. The maximum absolute atomic E-state index is 11.8. The fourth-order valence-corrected chi connectivity index (χ4v) is 3.19. The van der Waals surface area contributed by atoms with Crippen molar-refractivity contribution in [3.63, 3.8) is 0 Å². The minimum Gasteiger partial charge on any atom is -0.367 e. The summed E-state index contributed by atoms with van der Waals surface area (Å²) in [5.74, 6) is 0.891. The van der Waals surface area contributed by atoms with Crippen LogP contribution in [0.4, 0.5) is 0 Å². The quantitative estimate of drug-likeness (QED) is 0.594. The Morgan fingerprint density at radius 3 is 2.58 bits per heavy atom. The molecule has 0 aliphatic heterocycles. The first-order valence-electron chi connectivity index (χ1n) is 8.30. The van der Waals surface area contributed by atoms with E-state index >= 15 is 0 Å². The van der Waals surface area contributed by atoms with Gasteiger partial charge in [-0.3, -0.25) is 4.79 Å². The number of Topliss-reactive ketones (excluding diaryl/α,β-unsaturated/α-hetero) is 1. The molecule has 19 heavy (non-hydrogen) atoms. The van der Waals surface area contributed by atoms with E-state index in [9.17, 15) is 4.79 Å². The number of hydrogen-bond acceptors (Lipinski definition) is 2. The van der Waals surface area contributed by atoms with Gasteiger partial charge in [-0.15, -0.1) is 0 Å². The molecule has 2 unspecified atom stereocenters. The van der Waals surface area contributed by atoms with Crippen LogP contribution < -0.4 is 0 Å². The lowest BCUT2D eigenvalue weighted by molar-refractivity contribution is -0.143. The molecule has 0 heterocycles. The van der Waals surface area contributed by atoms with Crippen molar-refractivity contribution in [3.8, 4) is 0 Å². The predicted octanol–water partition coefficient (Wildman–Crippen LogP) is 4.90. The SMILES string of the molecule is CCCCC(=O)COC1(CCCC)CCCCC1C. The molecule has 0 aromatic heterocycles. The summed E-state index contributed by atoms with van der Waals surface area (Å²) < 4.78 is 6.19. The molecule has 0 radical (unpaired) electrons. The van der Waals surface area contributed by atoms with Gasteiger partial charge in [-0.25, -0.2) is 0 Å². The summed E-state index contributed by atoms with van der Waals surface area (Å²) in [4.78, 5) is 11.8. The molecule has 0 saturated heterocycles. The molecule has 0 aromatic carbocycles. The second-order valence-electron chi connectivity index (χ2n) is 6.25. The van der Waals surface area contributed by atoms with Crippen molar-refractivity contribution >= 4 is 5.78 Å². The monoisotopic (exact) mass is 268 g/mol. The first-order chi connectivity index (χ1) is 9.14. The minimum atomic E-state index is -0.00383. The van der Waals surface area contributed by atoms with E-state index in [0.717, 1.165) is 25.7 Å². The summed E-state index contributed by atoms with van der Waals surface area (Å²) in [6, 6.07) is 0. The van der Waals surface area contributed by atoms with Crippen LogP contribution in [-0.4, -0.2) is 18.0 Å². The van der Waals surface area contributed by atoms with E-state index in [0.29, 0.717) is 18.9 Å². The molecule has 0 bridgehead atoms. The van der Waals surface area contributed by atoms with Gasteiger partial charge in [0.05, 0.1) is 5.60 Å². The molecule has 1 fully saturated rings. The van der Waals surface area contributed by atoms with Crippen LogP contribution in [0, 0.1) is 5.92 Å². The molecule has 2 heteroatoms. The van der Waals surface area contributed by atoms with E-state index < -0.39 is 0 Å². The van der Waals surface area contributed by atoms with Crippen molar-refractivity contribution in [2.24, 2.45) is 5.92 Å². The zero-order chi connectivity index (χ0) is 14.1. The summed E-state index contributed by atoms with van der Waals surface area (Å²) in [5, 5.41) is 0. The first kappa shape index (κ1) is 16.7. The van der Waals surface area contributed by atoms with Crippen molar-refractivity contribution in [1.82, 2.24) is 0 Å². The average Bonchev–Trinajstić information content (AvgIpc) is 2.43. The molecule has 1 saturated carbocycles. The molecular formula is C17H32O2. The number of hydrogen-bond donors (Lipinski definition) is 0. The third-order valence-corrected chi connectivity index (χ3v) is 4.67. The largest absolute Gasteiger partial charge is 0.367 e. The Morgan fingerprint density at radius 1 is 1.21 bits per heavy atom. The highest BCUT2D eigenvalue weighted by Gasteiger charge is 2.38. The molecular weight excluding hydrogens is 236 g/mol. The van der Waals surface area contributed by atoms with Gasteiger partial charge in [0.15, 0.2) is 5.78 Å². The number of ether oxygens (including phenoxy) is 1. The van der Waals surface area contributed by atoms with Gasteiger partial charge in [0.25, 0.3) is 0 Å². The number of rotatable bonds is 9. The van der Waals surface area contributed by atoms with Crippen LogP contribution in [0.3, 0.4) is 0 Å². The zero-order valence-corrected chi connectivity index (χ0v) is 13.2. The van der Waals surface area contributed by atoms with Gasteiger partial charge >= 0.3 is 0 Å². The molecule has 2 atom stereocenters. The maximum atomic E-state index is 11.8. The normalized spacial score (nSPS) is 27.4. The number of carbonyl (C=O) groups excluding carboxylic acids is 1. The predicted molar refractivity (Wildman–Crippen MR) is 80.4 cm³/mol. The Bertz CT molecular complexity index is 262. The zero-order valence-electron chi connectivity index (χ0n) is 13.2. The molecule has 0 amide bonds. The van der Waals surface area contributed by atoms with E-state index in [2.05, 4.69) is 20.8 Å². The fraction of sp³-hybridized carbons (Fsp3) is 0.941. The lowest BCUT2D eigenvalue weighted by Gasteiger charge is -2.42. The highest BCUT2D eigenvalue weighted by atomic mass is 16.5. The molecule has 0 N–H and O–H groups in total. The highest BCUT2D eigenvalue weighted by Crippen LogP contribution is 2.40. The summed E-state index contributed by atoms with van der Waals surface area (Å²) in [7, 11) is 0. The van der Waals surface area contributed by atoms with Crippen LogP contribution in [0.2, 0.25) is 0 Å². The van der Waals surface area contributed by atoms with Crippen LogP contribution in [0.1, 0.15) is 85.0 Å². The van der Waals surface area contributed by atoms with Crippen molar-refractivity contribution in [3.05, 3.63) is 0 Å². The van der Waals surface area contributed by atoms with E-state index in [-0.39, 0.29) is 11.4 Å². The molecule has 1 aliphatic rings. The van der Waals surface area contributed by atoms with Gasteiger partial charge in [0.1, 0.15) is 6.61 Å². The molecule has 1 aliphatic carbocycles. The maximum Gasteiger partial charge on any atom is 0.158 e. The third-order valence-electron chi connectivity index (χ3n) is 4.67. The number of unbranched alkanes of at least 4 members (excludes halogenated alkanes) is 2. The summed E-state index contributed by atoms with van der Waals surface area (Å²) in [5.41, 5.74) is -0.00383. The van der Waals surface area contributed by atoms with Crippen LogP contribution in [0.15, 0.2) is 0 Å². The van der Waals surface area contributed by atoms with Gasteiger partial charge in [0.2, 0.25) is 0 Å². The molecule has 2 nitrogen and oxygen atoms in total. The Labute approximate surface area is 119 Å². The van der Waals surface area contributed by atoms with Crippen molar-refractivity contribution in [1.29, 1.82) is 0 Å². The minimum absolute atomic E-state index is 0.00383. The second-order valence-corrected chi connectivity index (χ2v) is 6.25. The van der Waals surface area contributed by atoms with E-state index in [1.165, 1.54) is 32.1 Å². The summed E-state index contributed by atoms with van der Waals surface area (Å²) >= 11 is 0. The topological polar surface area (TPSA) is 26.3 Å². The Kier molecular flexibility index (Phi) is 7.67. The van der Waals surface area contributed by atoms with Crippen LogP contribution >= 0.6 is 0 Å². The smallest absolute Gasteiger partial charge is 0.158 e. The number of ketones is 1. The van der Waals surface area contributed by atoms with E-state index in [1.807, 2.05) is 0 Å². The summed E-state index contributed by atoms with van der Waals surface area (Å²) in [6.45, 7) is 7.01. The summed E-state index contributed by atoms with van der Waals surface area (Å²) in [6.07, 6.45) is 11.3. The standard InChI is InChI=1S/C17H32O2/c1-4-6-11-16(18)14-19-17(12-7-5-2)13-9-8-10-15(17)3/h15H,4-14H2,1-3H3. The van der Waals surface area contributed by atoms with Gasteiger partial charge in [-0.2, -0.15) is 0 Å². The Morgan fingerprint density at radius 2 is 1.95 bits per heavy atom. The van der Waals surface area contributed by atoms with Crippen molar-refractivity contribution in [2.75, 3.05) is 6.61 Å². The molecule has 0 spiro atoms. The molecule has 0 aromatic rings. The van der Waals surface area contributed by atoms with Gasteiger partial charge in [0, 0.05) is 6.42 Å². The van der Waals surface area contributed by atoms with Crippen molar-refractivity contribution < 1.29 is 9.53 Å². The van der Waals surface area contributed by atoms with E-state index in [4.69, 9.17) is 4.74 Å². The third kappa shape index (κ3) is 5.25. The number of carbonyl (C=O) groups is 1. The van der Waals surface area contributed by atoms with Crippen LogP contribution in [-0.2, 0) is 9.53 Å². The van der Waals surface area contributed by atoms with Crippen LogP contribution in [0.25, 0.3) is 0 Å². The highest BCUT2D eigenvalue weighted by molar-refractivity contribution is 5.79. The van der Waals surface area contributed by atoms with Crippen LogP contribution in [0.5, 0.6) is 0 Å². The van der Waals surface area contributed by atoms with Crippen molar-refractivity contribution in [2.45, 2.75) is 90.6 Å². The van der Waals surface area contributed by atoms with E-state index in [1.54, 1.807) is 0 Å². The fourth-order valence-electron chi connectivity index (χ4n) is 3.19. The average molecular weight is 268 g/mol.